The molecule has 2 aromatic rings. The Kier molecular flexibility index (Phi) is 4.87. The van der Waals surface area contributed by atoms with E-state index in [4.69, 9.17) is 10.5 Å². The van der Waals surface area contributed by atoms with Crippen molar-refractivity contribution in [3.63, 3.8) is 0 Å². The van der Waals surface area contributed by atoms with Crippen molar-refractivity contribution in [1.82, 2.24) is 9.88 Å². The number of nitrogens with zero attached hydrogens (tertiary/aromatic N) is 3. The number of rotatable bonds is 4. The predicted octanol–water partition coefficient (Wildman–Crippen LogP) is 3.27. The van der Waals surface area contributed by atoms with E-state index in [1.165, 1.54) is 0 Å². The third-order valence-corrected chi connectivity index (χ3v) is 8.38. The molecule has 1 aromatic carbocycles. The van der Waals surface area contributed by atoms with Crippen molar-refractivity contribution in [1.29, 1.82) is 5.26 Å². The lowest BCUT2D eigenvalue weighted by Crippen LogP contribution is -2.52. The second-order valence-electron chi connectivity index (χ2n) is 8.89. The van der Waals surface area contributed by atoms with Crippen LogP contribution in [0.25, 0.3) is 0 Å². The van der Waals surface area contributed by atoms with Crippen LogP contribution in [0.5, 0.6) is 0 Å². The molecule has 1 saturated carbocycles. The van der Waals surface area contributed by atoms with Gasteiger partial charge < -0.3 is 10.5 Å². The first kappa shape index (κ1) is 20.2. The molecule has 1 atom stereocenters. The van der Waals surface area contributed by atoms with Crippen LogP contribution >= 0.6 is 11.3 Å². The maximum atomic E-state index is 14.1. The Morgan fingerprint density at radius 1 is 1.39 bits per heavy atom. The first-order chi connectivity index (χ1) is 15.0. The molecule has 2 heterocycles. The van der Waals surface area contributed by atoms with Crippen molar-refractivity contribution in [2.75, 3.05) is 13.7 Å². The lowest BCUT2D eigenvalue weighted by atomic mass is 9.57. The van der Waals surface area contributed by atoms with Gasteiger partial charge in [-0.2, -0.15) is 5.26 Å². The fourth-order valence-corrected chi connectivity index (χ4v) is 6.60. The highest BCUT2D eigenvalue weighted by molar-refractivity contribution is 7.09. The number of amides is 1. The number of thiazole rings is 1. The molecule has 0 saturated heterocycles. The minimum absolute atomic E-state index is 0.0475. The first-order valence-corrected chi connectivity index (χ1v) is 11.7. The summed E-state index contributed by atoms with van der Waals surface area (Å²) >= 11 is 1.59. The second-order valence-corrected chi connectivity index (χ2v) is 9.86. The fourth-order valence-electron chi connectivity index (χ4n) is 5.99. The van der Waals surface area contributed by atoms with Gasteiger partial charge in [-0.1, -0.05) is 6.07 Å². The van der Waals surface area contributed by atoms with Gasteiger partial charge in [-0.25, -0.2) is 4.98 Å². The van der Waals surface area contributed by atoms with E-state index in [9.17, 15) is 10.1 Å². The number of carbonyl (C=O) groups is 1. The van der Waals surface area contributed by atoms with Crippen LogP contribution in [0, 0.1) is 16.7 Å². The summed E-state index contributed by atoms with van der Waals surface area (Å²) in [6.07, 6.45) is 9.19. The molecule has 3 aliphatic rings. The van der Waals surface area contributed by atoms with Gasteiger partial charge in [-0.3, -0.25) is 9.69 Å². The monoisotopic (exact) mass is 434 g/mol. The maximum Gasteiger partial charge on any atom is 0.243 e. The number of aromatic nitrogens is 1. The van der Waals surface area contributed by atoms with E-state index in [0.717, 1.165) is 48.2 Å². The molecular weight excluding hydrogens is 408 g/mol. The second kappa shape index (κ2) is 7.47. The number of fused-ring (bicyclic) bond motifs is 3. The van der Waals surface area contributed by atoms with Crippen LogP contribution < -0.4 is 5.73 Å². The minimum Gasteiger partial charge on any atom is -0.385 e. The summed E-state index contributed by atoms with van der Waals surface area (Å²) in [5.74, 6) is 0.566. The Hall–Kier alpha value is -2.69. The van der Waals surface area contributed by atoms with E-state index in [1.807, 2.05) is 29.7 Å². The lowest BCUT2D eigenvalue weighted by molar-refractivity contribution is -0.137. The number of ether oxygens (including phenoxy) is 1. The molecule has 1 aromatic heterocycles. The highest BCUT2D eigenvalue weighted by atomic mass is 32.1. The minimum atomic E-state index is -0.805. The van der Waals surface area contributed by atoms with Crippen molar-refractivity contribution in [2.24, 2.45) is 11.1 Å². The van der Waals surface area contributed by atoms with Gasteiger partial charge in [-0.05, 0) is 66.9 Å². The van der Waals surface area contributed by atoms with Gasteiger partial charge in [-0.15, -0.1) is 11.3 Å². The van der Waals surface area contributed by atoms with Gasteiger partial charge in [0.15, 0.2) is 0 Å². The Morgan fingerprint density at radius 2 is 2.19 bits per heavy atom. The Labute approximate surface area is 186 Å². The summed E-state index contributed by atoms with van der Waals surface area (Å²) in [6, 6.07) is 8.05. The zero-order valence-corrected chi connectivity index (χ0v) is 18.5. The van der Waals surface area contributed by atoms with Crippen LogP contribution in [0.1, 0.15) is 47.4 Å². The highest BCUT2D eigenvalue weighted by Crippen LogP contribution is 2.62. The molecule has 7 heteroatoms. The smallest absolute Gasteiger partial charge is 0.243 e. The number of nitriles is 1. The van der Waals surface area contributed by atoms with Gasteiger partial charge in [0.2, 0.25) is 5.91 Å². The summed E-state index contributed by atoms with van der Waals surface area (Å²) in [6.45, 7) is 0.514. The van der Waals surface area contributed by atoms with Gasteiger partial charge in [0.1, 0.15) is 11.2 Å². The molecule has 1 unspecified atom stereocenters. The zero-order chi connectivity index (χ0) is 21.6. The van der Waals surface area contributed by atoms with Crippen molar-refractivity contribution < 1.29 is 9.53 Å². The molecule has 1 amide bonds. The highest BCUT2D eigenvalue weighted by Gasteiger charge is 2.64. The fraction of sp³-hybridized carbons (Fsp3) is 0.458. The number of nitrogens with two attached hydrogens (primary N) is 1. The van der Waals surface area contributed by atoms with Crippen molar-refractivity contribution in [3.05, 3.63) is 63.4 Å². The molecule has 1 fully saturated rings. The molecule has 5 rings (SSSR count). The van der Waals surface area contributed by atoms with Gasteiger partial charge >= 0.3 is 0 Å². The number of benzene rings is 1. The number of hydrogen-bond donors (Lipinski definition) is 1. The van der Waals surface area contributed by atoms with Crippen molar-refractivity contribution in [2.45, 2.75) is 50.0 Å². The standard InChI is InChI=1S/C24H26N4O2S/c1-30-18-4-7-23(8-5-18)13-17-3-2-16(15-25)12-19(17)24(23)14-20(26)28(22(24)29)10-6-21-27-9-11-31-21/h2-3,9,11-12,14,18H,4-8,10,13,26H2,1H3/t18-,23-,24?. The molecular formula is C24H26N4O2S. The number of hydrogen-bond acceptors (Lipinski definition) is 6. The van der Waals surface area contributed by atoms with Crippen molar-refractivity contribution in [3.8, 4) is 6.07 Å². The van der Waals surface area contributed by atoms with Crippen LogP contribution in [-0.2, 0) is 27.8 Å². The molecule has 31 heavy (non-hydrogen) atoms. The van der Waals surface area contributed by atoms with Crippen LogP contribution in [0.15, 0.2) is 41.7 Å². The van der Waals surface area contributed by atoms with Gasteiger partial charge in [0.25, 0.3) is 0 Å². The molecule has 1 aliphatic heterocycles. The van der Waals surface area contributed by atoms with E-state index in [0.29, 0.717) is 24.4 Å². The topological polar surface area (TPSA) is 92.2 Å². The van der Waals surface area contributed by atoms with E-state index in [-0.39, 0.29) is 17.4 Å². The molecule has 6 nitrogen and oxygen atoms in total. The Balaban J connectivity index is 1.56. The number of methoxy groups -OCH3 is 1. The molecule has 0 radical (unpaired) electrons. The summed E-state index contributed by atoms with van der Waals surface area (Å²) in [7, 11) is 1.76. The molecule has 160 valence electrons. The zero-order valence-electron chi connectivity index (χ0n) is 17.6. The molecule has 2 N–H and O–H groups in total. The van der Waals surface area contributed by atoms with E-state index >= 15 is 0 Å². The summed E-state index contributed by atoms with van der Waals surface area (Å²) in [5, 5.41) is 12.5. The summed E-state index contributed by atoms with van der Waals surface area (Å²) < 4.78 is 5.62. The Morgan fingerprint density at radius 3 is 2.87 bits per heavy atom. The third-order valence-electron chi connectivity index (χ3n) is 7.54. The molecule has 2 spiro atoms. The molecule has 0 bridgehead atoms. The predicted molar refractivity (Wildman–Crippen MR) is 118 cm³/mol. The average Bonchev–Trinajstić information content (AvgIpc) is 3.46. The number of carbonyl (C=O) groups excluding carboxylic acids is 1. The van der Waals surface area contributed by atoms with Crippen LogP contribution in [0.2, 0.25) is 0 Å². The van der Waals surface area contributed by atoms with Gasteiger partial charge in [0.05, 0.1) is 22.7 Å². The van der Waals surface area contributed by atoms with Gasteiger partial charge in [0, 0.05) is 31.7 Å². The summed E-state index contributed by atoms with van der Waals surface area (Å²) in [5.41, 5.74) is 8.17. The summed E-state index contributed by atoms with van der Waals surface area (Å²) in [4.78, 5) is 20.2. The normalized spacial score (nSPS) is 29.4. The SMILES string of the molecule is CO[C@H]1CC[C@]2(CC1)Cc1ccc(C#N)cc1C21C=C(N)N(CCc2nccs2)C1=O. The third kappa shape index (κ3) is 2.93. The van der Waals surface area contributed by atoms with E-state index < -0.39 is 5.41 Å². The van der Waals surface area contributed by atoms with E-state index in [2.05, 4.69) is 11.1 Å². The maximum absolute atomic E-state index is 14.1. The first-order valence-electron chi connectivity index (χ1n) is 10.8. The largest absolute Gasteiger partial charge is 0.385 e. The van der Waals surface area contributed by atoms with Crippen molar-refractivity contribution >= 4 is 17.2 Å². The van der Waals surface area contributed by atoms with Crippen LogP contribution in [-0.4, -0.2) is 35.5 Å². The average molecular weight is 435 g/mol. The van der Waals surface area contributed by atoms with Crippen LogP contribution in [0.3, 0.4) is 0 Å². The Bertz CT molecular complexity index is 1080. The van der Waals surface area contributed by atoms with E-state index in [1.54, 1.807) is 29.5 Å². The lowest BCUT2D eigenvalue weighted by Gasteiger charge is -2.46. The molecule has 2 aliphatic carbocycles. The quantitative estimate of drug-likeness (QED) is 0.797. The van der Waals surface area contributed by atoms with Crippen LogP contribution in [0.4, 0.5) is 0 Å².